The van der Waals surface area contributed by atoms with E-state index in [0.29, 0.717) is 12.1 Å². The van der Waals surface area contributed by atoms with Gasteiger partial charge in [0, 0.05) is 5.56 Å². The SMILES string of the molecule is CCc1ccccc1N(CC(=O)N/N=C/c1ccccc1C(F)(F)F)S(C)(=O)=O. The highest BCUT2D eigenvalue weighted by molar-refractivity contribution is 7.92. The summed E-state index contributed by atoms with van der Waals surface area (Å²) in [7, 11) is -3.78. The molecule has 2 aromatic rings. The van der Waals surface area contributed by atoms with E-state index in [2.05, 4.69) is 10.5 Å². The highest BCUT2D eigenvalue weighted by Gasteiger charge is 2.32. The minimum Gasteiger partial charge on any atom is -0.271 e. The number of para-hydroxylation sites is 1. The molecule has 0 aliphatic heterocycles. The number of nitrogens with zero attached hydrogens (tertiary/aromatic N) is 2. The number of hydrogen-bond donors (Lipinski definition) is 1. The monoisotopic (exact) mass is 427 g/mol. The number of carbonyl (C=O) groups is 1. The molecule has 0 aromatic heterocycles. The van der Waals surface area contributed by atoms with Gasteiger partial charge in [-0.3, -0.25) is 9.10 Å². The zero-order valence-electron chi connectivity index (χ0n) is 15.8. The highest BCUT2D eigenvalue weighted by atomic mass is 32.2. The van der Waals surface area contributed by atoms with Crippen LogP contribution in [0.3, 0.4) is 0 Å². The summed E-state index contributed by atoms with van der Waals surface area (Å²) in [6.45, 7) is 1.29. The number of hydrazone groups is 1. The maximum atomic E-state index is 13.0. The normalized spacial score (nSPS) is 12.2. The third-order valence-corrected chi connectivity index (χ3v) is 5.11. The van der Waals surface area contributed by atoms with Crippen molar-refractivity contribution in [1.29, 1.82) is 0 Å². The van der Waals surface area contributed by atoms with Gasteiger partial charge in [-0.05, 0) is 24.1 Å². The van der Waals surface area contributed by atoms with Crippen molar-refractivity contribution in [3.63, 3.8) is 0 Å². The van der Waals surface area contributed by atoms with Gasteiger partial charge in [-0.15, -0.1) is 0 Å². The Hall–Kier alpha value is -2.88. The van der Waals surface area contributed by atoms with Crippen LogP contribution >= 0.6 is 0 Å². The number of rotatable bonds is 7. The summed E-state index contributed by atoms with van der Waals surface area (Å²) in [4.78, 5) is 12.2. The molecular weight excluding hydrogens is 407 g/mol. The van der Waals surface area contributed by atoms with Gasteiger partial charge in [-0.2, -0.15) is 18.3 Å². The summed E-state index contributed by atoms with van der Waals surface area (Å²) in [6, 6.07) is 11.5. The number of amides is 1. The molecule has 0 unspecified atom stereocenters. The molecule has 0 atom stereocenters. The second-order valence-corrected chi connectivity index (χ2v) is 8.04. The summed E-state index contributed by atoms with van der Waals surface area (Å²) in [5.41, 5.74) is 2.05. The molecule has 2 rings (SSSR count). The van der Waals surface area contributed by atoms with Crippen LogP contribution in [0.15, 0.2) is 53.6 Å². The topological polar surface area (TPSA) is 78.8 Å². The number of halogens is 3. The van der Waals surface area contributed by atoms with Crippen molar-refractivity contribution in [2.45, 2.75) is 19.5 Å². The Kier molecular flexibility index (Phi) is 7.02. The number of aryl methyl sites for hydroxylation is 1. The van der Waals surface area contributed by atoms with Crippen LogP contribution in [-0.4, -0.2) is 33.3 Å². The molecule has 6 nitrogen and oxygen atoms in total. The maximum absolute atomic E-state index is 13.0. The van der Waals surface area contributed by atoms with E-state index in [-0.39, 0.29) is 5.56 Å². The highest BCUT2D eigenvalue weighted by Crippen LogP contribution is 2.31. The first kappa shape index (κ1) is 22.4. The van der Waals surface area contributed by atoms with E-state index in [9.17, 15) is 26.4 Å². The molecule has 0 fully saturated rings. The lowest BCUT2D eigenvalue weighted by Crippen LogP contribution is -2.39. The van der Waals surface area contributed by atoms with Crippen molar-refractivity contribution in [2.75, 3.05) is 17.1 Å². The lowest BCUT2D eigenvalue weighted by molar-refractivity contribution is -0.137. The van der Waals surface area contributed by atoms with Crippen LogP contribution in [0.1, 0.15) is 23.6 Å². The van der Waals surface area contributed by atoms with Crippen molar-refractivity contribution in [2.24, 2.45) is 5.10 Å². The second kappa shape index (κ2) is 9.08. The Morgan fingerprint density at radius 3 is 2.38 bits per heavy atom. The largest absolute Gasteiger partial charge is 0.417 e. The molecule has 0 bridgehead atoms. The van der Waals surface area contributed by atoms with Gasteiger partial charge in [0.15, 0.2) is 0 Å². The fourth-order valence-corrected chi connectivity index (χ4v) is 3.53. The van der Waals surface area contributed by atoms with E-state index in [0.717, 1.165) is 28.4 Å². The summed E-state index contributed by atoms with van der Waals surface area (Å²) in [5.74, 6) is -0.790. The van der Waals surface area contributed by atoms with Crippen molar-refractivity contribution >= 4 is 27.8 Å². The summed E-state index contributed by atoms with van der Waals surface area (Å²) in [6.07, 6.45) is -2.18. The van der Waals surface area contributed by atoms with E-state index in [4.69, 9.17) is 0 Å². The number of benzene rings is 2. The lowest BCUT2D eigenvalue weighted by Gasteiger charge is -2.23. The van der Waals surface area contributed by atoms with Gasteiger partial charge >= 0.3 is 6.18 Å². The van der Waals surface area contributed by atoms with Crippen LogP contribution in [0.4, 0.5) is 18.9 Å². The molecule has 2 aromatic carbocycles. The Labute approximate surface area is 167 Å². The zero-order chi connectivity index (χ0) is 21.7. The second-order valence-electron chi connectivity index (χ2n) is 6.13. The van der Waals surface area contributed by atoms with E-state index in [1.54, 1.807) is 24.3 Å². The number of carbonyl (C=O) groups excluding carboxylic acids is 1. The molecule has 29 heavy (non-hydrogen) atoms. The Morgan fingerprint density at radius 2 is 1.76 bits per heavy atom. The van der Waals surface area contributed by atoms with Crippen LogP contribution in [0, 0.1) is 0 Å². The van der Waals surface area contributed by atoms with Crippen molar-refractivity contribution in [1.82, 2.24) is 5.43 Å². The first-order valence-electron chi connectivity index (χ1n) is 8.57. The summed E-state index contributed by atoms with van der Waals surface area (Å²) < 4.78 is 64.2. The Bertz CT molecular complexity index is 1000. The molecule has 0 radical (unpaired) electrons. The average molecular weight is 427 g/mol. The number of sulfonamides is 1. The van der Waals surface area contributed by atoms with E-state index in [1.807, 2.05) is 6.92 Å². The van der Waals surface area contributed by atoms with Crippen LogP contribution in [0.5, 0.6) is 0 Å². The molecule has 0 heterocycles. The van der Waals surface area contributed by atoms with E-state index >= 15 is 0 Å². The number of anilines is 1. The predicted molar refractivity (Wildman–Crippen MR) is 105 cm³/mol. The quantitative estimate of drug-likeness (QED) is 0.545. The molecular formula is C19H20F3N3O3S. The number of hydrogen-bond acceptors (Lipinski definition) is 4. The molecule has 0 saturated heterocycles. The molecule has 0 spiro atoms. The van der Waals surface area contributed by atoms with Crippen LogP contribution in [-0.2, 0) is 27.4 Å². The minimum atomic E-state index is -4.57. The smallest absolute Gasteiger partial charge is 0.271 e. The predicted octanol–water partition coefficient (Wildman–Crippen LogP) is 3.18. The average Bonchev–Trinajstić information content (AvgIpc) is 2.65. The fourth-order valence-electron chi connectivity index (χ4n) is 2.64. The first-order chi connectivity index (χ1) is 13.5. The van der Waals surface area contributed by atoms with Crippen LogP contribution in [0.25, 0.3) is 0 Å². The van der Waals surface area contributed by atoms with Crippen molar-refractivity contribution < 1.29 is 26.4 Å². The van der Waals surface area contributed by atoms with Crippen molar-refractivity contribution in [3.05, 3.63) is 65.2 Å². The Balaban J connectivity index is 2.18. The fraction of sp³-hybridized carbons (Fsp3) is 0.263. The maximum Gasteiger partial charge on any atom is 0.417 e. The van der Waals surface area contributed by atoms with Gasteiger partial charge in [0.05, 0.1) is 23.7 Å². The van der Waals surface area contributed by atoms with Gasteiger partial charge in [0.2, 0.25) is 10.0 Å². The lowest BCUT2D eigenvalue weighted by atomic mass is 10.1. The molecule has 0 aliphatic carbocycles. The van der Waals surface area contributed by atoms with Gasteiger partial charge in [-0.1, -0.05) is 43.3 Å². The molecule has 156 valence electrons. The third kappa shape index (κ3) is 6.05. The van der Waals surface area contributed by atoms with Gasteiger partial charge in [0.1, 0.15) is 6.54 Å². The first-order valence-corrected chi connectivity index (χ1v) is 10.4. The van der Waals surface area contributed by atoms with Gasteiger partial charge < -0.3 is 0 Å². The Morgan fingerprint density at radius 1 is 1.14 bits per heavy atom. The zero-order valence-corrected chi connectivity index (χ0v) is 16.6. The summed E-state index contributed by atoms with van der Waals surface area (Å²) in [5, 5.41) is 3.54. The van der Waals surface area contributed by atoms with Crippen molar-refractivity contribution in [3.8, 4) is 0 Å². The van der Waals surface area contributed by atoms with E-state index in [1.165, 1.54) is 18.2 Å². The third-order valence-electron chi connectivity index (χ3n) is 3.99. The molecule has 10 heteroatoms. The number of nitrogens with one attached hydrogen (secondary N) is 1. The molecule has 0 saturated carbocycles. The van der Waals surface area contributed by atoms with Gasteiger partial charge in [-0.25, -0.2) is 13.8 Å². The molecule has 0 aliphatic rings. The van der Waals surface area contributed by atoms with Gasteiger partial charge in [0.25, 0.3) is 5.91 Å². The minimum absolute atomic E-state index is 0.225. The molecule has 1 amide bonds. The van der Waals surface area contributed by atoms with E-state index < -0.39 is 34.2 Å². The standard InChI is InChI=1S/C19H20F3N3O3S/c1-3-14-8-5-7-11-17(14)25(29(2,27)28)13-18(26)24-23-12-15-9-4-6-10-16(15)19(20,21)22/h4-12H,3,13H2,1-2H3,(H,24,26)/b23-12+. The number of alkyl halides is 3. The van der Waals surface area contributed by atoms with Crippen LogP contribution in [0.2, 0.25) is 0 Å². The summed E-state index contributed by atoms with van der Waals surface area (Å²) >= 11 is 0. The molecule has 1 N–H and O–H groups in total. The van der Waals surface area contributed by atoms with Crippen LogP contribution < -0.4 is 9.73 Å².